The second-order valence-electron chi connectivity index (χ2n) is 6.70. The average Bonchev–Trinajstić information content (AvgIpc) is 2.63. The summed E-state index contributed by atoms with van der Waals surface area (Å²) in [4.78, 5) is 2.28. The van der Waals surface area contributed by atoms with Gasteiger partial charge in [0, 0.05) is 18.6 Å². The first-order valence-corrected chi connectivity index (χ1v) is 8.11. The standard InChI is InChI=1S/C18H30N2/c1-15-8-7-11-17(13-12-15)19-18(14-20(2)3)16-9-5-4-6-10-16/h4-6,9-10,15,17-19H,7-8,11-14H2,1-3H3. The highest BCUT2D eigenvalue weighted by Crippen LogP contribution is 2.25. The van der Waals surface area contributed by atoms with Crippen molar-refractivity contribution in [2.24, 2.45) is 5.92 Å². The maximum absolute atomic E-state index is 3.92. The molecule has 0 radical (unpaired) electrons. The van der Waals surface area contributed by atoms with Crippen molar-refractivity contribution in [1.82, 2.24) is 10.2 Å². The molecule has 2 rings (SSSR count). The van der Waals surface area contributed by atoms with Gasteiger partial charge in [-0.2, -0.15) is 0 Å². The van der Waals surface area contributed by atoms with Crippen LogP contribution in [0.4, 0.5) is 0 Å². The zero-order valence-corrected chi connectivity index (χ0v) is 13.3. The summed E-state index contributed by atoms with van der Waals surface area (Å²) in [7, 11) is 4.32. The van der Waals surface area contributed by atoms with Crippen molar-refractivity contribution in [3.63, 3.8) is 0 Å². The summed E-state index contributed by atoms with van der Waals surface area (Å²) in [6.07, 6.45) is 6.82. The Morgan fingerprint density at radius 2 is 1.85 bits per heavy atom. The normalized spacial score (nSPS) is 25.4. The van der Waals surface area contributed by atoms with Gasteiger partial charge in [-0.3, -0.25) is 0 Å². The molecular weight excluding hydrogens is 244 g/mol. The van der Waals surface area contributed by atoms with Gasteiger partial charge in [0.15, 0.2) is 0 Å². The smallest absolute Gasteiger partial charge is 0.0451 e. The number of nitrogens with one attached hydrogen (secondary N) is 1. The van der Waals surface area contributed by atoms with E-state index in [4.69, 9.17) is 0 Å². The van der Waals surface area contributed by atoms with E-state index in [0.717, 1.165) is 12.5 Å². The van der Waals surface area contributed by atoms with Gasteiger partial charge >= 0.3 is 0 Å². The highest BCUT2D eigenvalue weighted by atomic mass is 15.1. The predicted molar refractivity (Wildman–Crippen MR) is 86.9 cm³/mol. The second kappa shape index (κ2) is 7.80. The Labute approximate surface area is 124 Å². The fourth-order valence-corrected chi connectivity index (χ4v) is 3.24. The lowest BCUT2D eigenvalue weighted by Gasteiger charge is -2.28. The lowest BCUT2D eigenvalue weighted by molar-refractivity contribution is 0.307. The largest absolute Gasteiger partial charge is 0.308 e. The van der Waals surface area contributed by atoms with Crippen LogP contribution in [0.5, 0.6) is 0 Å². The van der Waals surface area contributed by atoms with Gasteiger partial charge in [-0.1, -0.05) is 50.1 Å². The van der Waals surface area contributed by atoms with Gasteiger partial charge < -0.3 is 10.2 Å². The summed E-state index contributed by atoms with van der Waals surface area (Å²) in [6.45, 7) is 3.47. The molecule has 1 aliphatic carbocycles. The van der Waals surface area contributed by atoms with E-state index >= 15 is 0 Å². The predicted octanol–water partition coefficient (Wildman–Crippen LogP) is 3.85. The summed E-state index contributed by atoms with van der Waals surface area (Å²) >= 11 is 0. The van der Waals surface area contributed by atoms with Crippen LogP contribution in [-0.4, -0.2) is 31.6 Å². The molecule has 2 nitrogen and oxygen atoms in total. The van der Waals surface area contributed by atoms with Crippen molar-refractivity contribution in [2.45, 2.75) is 51.1 Å². The number of benzene rings is 1. The molecule has 1 aromatic carbocycles. The molecule has 0 heterocycles. The van der Waals surface area contributed by atoms with Crippen LogP contribution in [0.15, 0.2) is 30.3 Å². The van der Waals surface area contributed by atoms with Gasteiger partial charge in [0.2, 0.25) is 0 Å². The zero-order chi connectivity index (χ0) is 14.4. The highest BCUT2D eigenvalue weighted by Gasteiger charge is 2.20. The first-order chi connectivity index (χ1) is 9.65. The third-order valence-corrected chi connectivity index (χ3v) is 4.44. The lowest BCUT2D eigenvalue weighted by Crippen LogP contribution is -2.37. The highest BCUT2D eigenvalue weighted by molar-refractivity contribution is 5.19. The Morgan fingerprint density at radius 1 is 1.10 bits per heavy atom. The number of hydrogen-bond acceptors (Lipinski definition) is 2. The van der Waals surface area contributed by atoms with Crippen molar-refractivity contribution in [3.8, 4) is 0 Å². The van der Waals surface area contributed by atoms with Crippen LogP contribution in [0.2, 0.25) is 0 Å². The molecule has 1 aromatic rings. The van der Waals surface area contributed by atoms with E-state index < -0.39 is 0 Å². The number of hydrogen-bond donors (Lipinski definition) is 1. The molecule has 112 valence electrons. The van der Waals surface area contributed by atoms with Crippen LogP contribution in [-0.2, 0) is 0 Å². The van der Waals surface area contributed by atoms with E-state index in [-0.39, 0.29) is 0 Å². The van der Waals surface area contributed by atoms with Gasteiger partial charge in [0.25, 0.3) is 0 Å². The van der Waals surface area contributed by atoms with Crippen LogP contribution in [0.3, 0.4) is 0 Å². The van der Waals surface area contributed by atoms with Crippen molar-refractivity contribution in [1.29, 1.82) is 0 Å². The van der Waals surface area contributed by atoms with Gasteiger partial charge in [-0.25, -0.2) is 0 Å². The SMILES string of the molecule is CC1CCCC(NC(CN(C)C)c2ccccc2)CC1. The molecule has 0 aromatic heterocycles. The summed E-state index contributed by atoms with van der Waals surface area (Å²) in [5.74, 6) is 0.908. The summed E-state index contributed by atoms with van der Waals surface area (Å²) < 4.78 is 0. The Balaban J connectivity index is 2.00. The summed E-state index contributed by atoms with van der Waals surface area (Å²) in [5.41, 5.74) is 1.42. The van der Waals surface area contributed by atoms with Gasteiger partial charge in [0.1, 0.15) is 0 Å². The van der Waals surface area contributed by atoms with Crippen LogP contribution in [0, 0.1) is 5.92 Å². The van der Waals surface area contributed by atoms with E-state index in [1.165, 1.54) is 37.7 Å². The van der Waals surface area contributed by atoms with Crippen molar-refractivity contribution >= 4 is 0 Å². The van der Waals surface area contributed by atoms with Crippen LogP contribution in [0.1, 0.15) is 50.6 Å². The quantitative estimate of drug-likeness (QED) is 0.821. The molecular formula is C18H30N2. The first kappa shape index (κ1) is 15.5. The molecule has 1 N–H and O–H groups in total. The number of rotatable bonds is 5. The van der Waals surface area contributed by atoms with Gasteiger partial charge in [-0.05, 0) is 44.8 Å². The molecule has 20 heavy (non-hydrogen) atoms. The maximum Gasteiger partial charge on any atom is 0.0451 e. The third-order valence-electron chi connectivity index (χ3n) is 4.44. The second-order valence-corrected chi connectivity index (χ2v) is 6.70. The third kappa shape index (κ3) is 4.92. The molecule has 0 amide bonds. The molecule has 0 saturated heterocycles. The number of nitrogens with zero attached hydrogens (tertiary/aromatic N) is 1. The molecule has 0 aliphatic heterocycles. The molecule has 1 fully saturated rings. The summed E-state index contributed by atoms with van der Waals surface area (Å²) in [5, 5.41) is 3.92. The Bertz CT molecular complexity index is 374. The molecule has 2 heteroatoms. The van der Waals surface area contributed by atoms with Gasteiger partial charge in [0.05, 0.1) is 0 Å². The summed E-state index contributed by atoms with van der Waals surface area (Å²) in [6, 6.07) is 12.0. The number of likely N-dealkylation sites (N-methyl/N-ethyl adjacent to an activating group) is 1. The topological polar surface area (TPSA) is 15.3 Å². The van der Waals surface area contributed by atoms with Crippen LogP contribution < -0.4 is 5.32 Å². The van der Waals surface area contributed by atoms with E-state index in [2.05, 4.69) is 61.6 Å². The molecule has 3 unspecified atom stereocenters. The fourth-order valence-electron chi connectivity index (χ4n) is 3.24. The molecule has 1 saturated carbocycles. The molecule has 0 bridgehead atoms. The van der Waals surface area contributed by atoms with E-state index in [0.29, 0.717) is 12.1 Å². The Hall–Kier alpha value is -0.860. The maximum atomic E-state index is 3.92. The van der Waals surface area contributed by atoms with E-state index in [1.54, 1.807) is 0 Å². The van der Waals surface area contributed by atoms with Crippen molar-refractivity contribution < 1.29 is 0 Å². The average molecular weight is 274 g/mol. The minimum atomic E-state index is 0.449. The molecule has 3 atom stereocenters. The minimum Gasteiger partial charge on any atom is -0.308 e. The molecule has 0 spiro atoms. The monoisotopic (exact) mass is 274 g/mol. The van der Waals surface area contributed by atoms with Crippen LogP contribution in [0.25, 0.3) is 0 Å². The Morgan fingerprint density at radius 3 is 2.55 bits per heavy atom. The lowest BCUT2D eigenvalue weighted by atomic mass is 10.0. The Kier molecular flexibility index (Phi) is 6.06. The minimum absolute atomic E-state index is 0.449. The van der Waals surface area contributed by atoms with E-state index in [1.807, 2.05) is 0 Å². The van der Waals surface area contributed by atoms with Crippen molar-refractivity contribution in [3.05, 3.63) is 35.9 Å². The first-order valence-electron chi connectivity index (χ1n) is 8.11. The molecule has 1 aliphatic rings. The van der Waals surface area contributed by atoms with Crippen LogP contribution >= 0.6 is 0 Å². The fraction of sp³-hybridized carbons (Fsp3) is 0.667. The van der Waals surface area contributed by atoms with E-state index in [9.17, 15) is 0 Å². The van der Waals surface area contributed by atoms with Crippen molar-refractivity contribution in [2.75, 3.05) is 20.6 Å². The zero-order valence-electron chi connectivity index (χ0n) is 13.3. The van der Waals surface area contributed by atoms with Gasteiger partial charge in [-0.15, -0.1) is 0 Å².